The van der Waals surface area contributed by atoms with E-state index in [9.17, 15) is 19.2 Å². The SMILES string of the molecule is CCCCOc1ccc(N2C(=O)[C@@H]3C4C=CC(c5ccccc5)([C@@H]3C2=O)[C@@H]2C(=O)N(c3ccc(OCCCC)cc3)C(=O)[C@@H]42)cc1. The fourth-order valence-electron chi connectivity index (χ4n) is 8.04. The standard InChI is InChI=1S/C38H38N2O6/c1-3-5-22-45-27-16-12-25(13-17-27)39-34(41)30-29-20-21-38(32(30)36(39)43,24-10-8-7-9-11-24)33-31(29)35(42)40(37(33)44)26-14-18-28(19-15-26)46-23-6-4-2/h7-21,29-33H,3-6,22-23H2,1-2H3/t29?,30-,31+,32-,33-,38?/m0/s1. The van der Waals surface area contributed by atoms with E-state index < -0.39 is 35.0 Å². The molecule has 236 valence electrons. The molecule has 8 heteroatoms. The molecular weight excluding hydrogens is 580 g/mol. The number of unbranched alkanes of at least 4 members (excludes halogenated alkanes) is 2. The second-order valence-corrected chi connectivity index (χ2v) is 12.7. The number of carbonyl (C=O) groups is 4. The van der Waals surface area contributed by atoms with Crippen LogP contribution >= 0.6 is 0 Å². The molecule has 46 heavy (non-hydrogen) atoms. The summed E-state index contributed by atoms with van der Waals surface area (Å²) in [5.41, 5.74) is 0.501. The molecule has 2 aliphatic heterocycles. The van der Waals surface area contributed by atoms with E-state index in [1.807, 2.05) is 42.5 Å². The van der Waals surface area contributed by atoms with Gasteiger partial charge >= 0.3 is 0 Å². The zero-order chi connectivity index (χ0) is 32.0. The molecule has 0 aromatic heterocycles. The molecule has 8 nitrogen and oxygen atoms in total. The Morgan fingerprint density at radius 3 is 1.50 bits per heavy atom. The van der Waals surface area contributed by atoms with Crippen LogP contribution in [0.2, 0.25) is 0 Å². The lowest BCUT2D eigenvalue weighted by molar-refractivity contribution is -0.140. The Morgan fingerprint density at radius 1 is 0.609 bits per heavy atom. The van der Waals surface area contributed by atoms with Crippen molar-refractivity contribution in [2.24, 2.45) is 29.6 Å². The highest BCUT2D eigenvalue weighted by molar-refractivity contribution is 6.27. The Morgan fingerprint density at radius 2 is 1.07 bits per heavy atom. The Labute approximate surface area is 269 Å². The molecule has 6 atom stereocenters. The normalized spacial score (nSPS) is 27.7. The van der Waals surface area contributed by atoms with Gasteiger partial charge in [0.2, 0.25) is 23.6 Å². The molecule has 0 radical (unpaired) electrons. The minimum Gasteiger partial charge on any atom is -0.494 e. The first-order chi connectivity index (χ1) is 22.4. The van der Waals surface area contributed by atoms with E-state index in [0.29, 0.717) is 36.1 Å². The molecule has 0 spiro atoms. The van der Waals surface area contributed by atoms with E-state index in [1.54, 1.807) is 48.5 Å². The molecule has 3 aromatic rings. The Hall–Kier alpha value is -4.72. The zero-order valence-electron chi connectivity index (χ0n) is 26.1. The summed E-state index contributed by atoms with van der Waals surface area (Å²) in [6, 6.07) is 23.4. The van der Waals surface area contributed by atoms with Crippen molar-refractivity contribution in [1.82, 2.24) is 0 Å². The molecule has 5 aliphatic rings. The van der Waals surface area contributed by atoms with Crippen molar-refractivity contribution in [1.29, 1.82) is 0 Å². The van der Waals surface area contributed by atoms with Crippen LogP contribution in [-0.4, -0.2) is 36.8 Å². The summed E-state index contributed by atoms with van der Waals surface area (Å²) in [6.07, 6.45) is 7.74. The van der Waals surface area contributed by atoms with Crippen molar-refractivity contribution in [3.8, 4) is 11.5 Å². The molecule has 2 heterocycles. The first-order valence-corrected chi connectivity index (χ1v) is 16.4. The average molecular weight is 619 g/mol. The van der Waals surface area contributed by atoms with E-state index in [2.05, 4.69) is 13.8 Å². The number of anilines is 2. The summed E-state index contributed by atoms with van der Waals surface area (Å²) >= 11 is 0. The molecule has 3 aliphatic carbocycles. The number of carbonyl (C=O) groups excluding carboxylic acids is 4. The minimum absolute atomic E-state index is 0.338. The predicted molar refractivity (Wildman–Crippen MR) is 173 cm³/mol. The number of nitrogens with zero attached hydrogens (tertiary/aromatic N) is 2. The van der Waals surface area contributed by atoms with Crippen LogP contribution in [0.4, 0.5) is 11.4 Å². The number of benzene rings is 3. The maximum atomic E-state index is 14.5. The summed E-state index contributed by atoms with van der Waals surface area (Å²) in [7, 11) is 0. The molecule has 1 saturated carbocycles. The maximum Gasteiger partial charge on any atom is 0.238 e. The number of ether oxygens (including phenoxy) is 2. The first-order valence-electron chi connectivity index (χ1n) is 16.4. The van der Waals surface area contributed by atoms with E-state index in [4.69, 9.17) is 9.47 Å². The maximum absolute atomic E-state index is 14.5. The monoisotopic (exact) mass is 618 g/mol. The predicted octanol–water partition coefficient (Wildman–Crippen LogP) is 6.09. The van der Waals surface area contributed by atoms with Crippen molar-refractivity contribution >= 4 is 35.0 Å². The largest absolute Gasteiger partial charge is 0.494 e. The number of amides is 4. The van der Waals surface area contributed by atoms with E-state index >= 15 is 0 Å². The van der Waals surface area contributed by atoms with Crippen molar-refractivity contribution in [2.45, 2.75) is 44.9 Å². The van der Waals surface area contributed by atoms with E-state index in [1.165, 1.54) is 9.80 Å². The van der Waals surface area contributed by atoms with Gasteiger partial charge in [0.15, 0.2) is 0 Å². The van der Waals surface area contributed by atoms with E-state index in [-0.39, 0.29) is 23.6 Å². The summed E-state index contributed by atoms with van der Waals surface area (Å²) in [4.78, 5) is 60.1. The van der Waals surface area contributed by atoms with Gasteiger partial charge in [-0.25, -0.2) is 9.80 Å². The average Bonchev–Trinajstić information content (AvgIpc) is 3.53. The van der Waals surface area contributed by atoms with Crippen LogP contribution in [0.3, 0.4) is 0 Å². The second kappa shape index (κ2) is 11.9. The smallest absolute Gasteiger partial charge is 0.238 e. The summed E-state index contributed by atoms with van der Waals surface area (Å²) < 4.78 is 11.6. The van der Waals surface area contributed by atoms with Gasteiger partial charge in [-0.3, -0.25) is 19.2 Å². The van der Waals surface area contributed by atoms with Crippen LogP contribution in [-0.2, 0) is 24.6 Å². The fourth-order valence-corrected chi connectivity index (χ4v) is 8.04. The van der Waals surface area contributed by atoms with Gasteiger partial charge < -0.3 is 9.47 Å². The number of allylic oxidation sites excluding steroid dienone is 2. The Balaban J connectivity index is 1.26. The van der Waals surface area contributed by atoms with Gasteiger partial charge in [0.25, 0.3) is 0 Å². The number of hydrogen-bond donors (Lipinski definition) is 0. The number of imide groups is 2. The highest BCUT2D eigenvalue weighted by Crippen LogP contribution is 2.65. The first kappa shape index (κ1) is 30.0. The summed E-state index contributed by atoms with van der Waals surface area (Å²) in [5, 5.41) is 0. The highest BCUT2D eigenvalue weighted by atomic mass is 16.5. The van der Waals surface area contributed by atoms with Crippen molar-refractivity contribution in [3.63, 3.8) is 0 Å². The zero-order valence-corrected chi connectivity index (χ0v) is 26.1. The molecule has 2 bridgehead atoms. The third-order valence-corrected chi connectivity index (χ3v) is 10.2. The molecule has 2 saturated heterocycles. The number of hydrogen-bond acceptors (Lipinski definition) is 6. The van der Waals surface area contributed by atoms with Gasteiger partial charge in [0, 0.05) is 11.3 Å². The third kappa shape index (κ3) is 4.49. The van der Waals surface area contributed by atoms with Crippen molar-refractivity contribution in [2.75, 3.05) is 23.0 Å². The molecular formula is C38H38N2O6. The van der Waals surface area contributed by atoms with Crippen LogP contribution in [0.25, 0.3) is 0 Å². The van der Waals surface area contributed by atoms with Gasteiger partial charge in [0.1, 0.15) is 11.5 Å². The molecule has 8 rings (SSSR count). The molecule has 4 amide bonds. The van der Waals surface area contributed by atoms with Crippen LogP contribution in [0.15, 0.2) is 91.0 Å². The van der Waals surface area contributed by atoms with Crippen molar-refractivity contribution < 1.29 is 28.7 Å². The lowest BCUT2D eigenvalue weighted by Crippen LogP contribution is -2.60. The fraction of sp³-hybridized carbons (Fsp3) is 0.368. The highest BCUT2D eigenvalue weighted by Gasteiger charge is 2.75. The third-order valence-electron chi connectivity index (χ3n) is 10.2. The van der Waals surface area contributed by atoms with Crippen LogP contribution in [0, 0.1) is 29.6 Å². The number of rotatable bonds is 11. The van der Waals surface area contributed by atoms with Crippen LogP contribution in [0.5, 0.6) is 11.5 Å². The molecule has 3 aromatic carbocycles. The lowest BCUT2D eigenvalue weighted by Gasteiger charge is -2.53. The molecule has 0 N–H and O–H groups in total. The second-order valence-electron chi connectivity index (χ2n) is 12.7. The Kier molecular flexibility index (Phi) is 7.75. The van der Waals surface area contributed by atoms with Gasteiger partial charge in [-0.2, -0.15) is 0 Å². The molecule has 3 fully saturated rings. The topological polar surface area (TPSA) is 93.2 Å². The molecule has 2 unspecified atom stereocenters. The van der Waals surface area contributed by atoms with E-state index in [0.717, 1.165) is 31.2 Å². The van der Waals surface area contributed by atoms with Gasteiger partial charge in [0.05, 0.1) is 48.3 Å². The van der Waals surface area contributed by atoms with Gasteiger partial charge in [-0.15, -0.1) is 0 Å². The van der Waals surface area contributed by atoms with Gasteiger partial charge in [-0.1, -0.05) is 69.2 Å². The quantitative estimate of drug-likeness (QED) is 0.147. The van der Waals surface area contributed by atoms with Crippen LogP contribution < -0.4 is 19.3 Å². The van der Waals surface area contributed by atoms with Crippen molar-refractivity contribution in [3.05, 3.63) is 96.6 Å². The summed E-state index contributed by atoms with van der Waals surface area (Å²) in [5.74, 6) is -3.82. The Bertz CT molecular complexity index is 1580. The summed E-state index contributed by atoms with van der Waals surface area (Å²) in [6.45, 7) is 5.37. The minimum atomic E-state index is -1.17. The van der Waals surface area contributed by atoms with Crippen LogP contribution in [0.1, 0.15) is 45.1 Å². The lowest BCUT2D eigenvalue weighted by atomic mass is 9.45. The van der Waals surface area contributed by atoms with Gasteiger partial charge in [-0.05, 0) is 66.9 Å².